The summed E-state index contributed by atoms with van der Waals surface area (Å²) in [4.78, 5) is 41.1. The molecule has 1 aromatic carbocycles. The number of rotatable bonds is 4. The maximum absolute atomic E-state index is 12.2. The Morgan fingerprint density at radius 3 is 2.44 bits per heavy atom. The van der Waals surface area contributed by atoms with E-state index >= 15 is 0 Å². The van der Waals surface area contributed by atoms with E-state index in [0.29, 0.717) is 35.7 Å². The van der Waals surface area contributed by atoms with Crippen LogP contribution in [0.1, 0.15) is 27.6 Å². The van der Waals surface area contributed by atoms with Crippen LogP contribution in [0.4, 0.5) is 11.5 Å². The van der Waals surface area contributed by atoms with E-state index in [-0.39, 0.29) is 24.1 Å². The zero-order valence-electron chi connectivity index (χ0n) is 13.8. The summed E-state index contributed by atoms with van der Waals surface area (Å²) in [6, 6.07) is 9.99. The lowest BCUT2D eigenvalue weighted by molar-refractivity contribution is -0.120. The monoisotopic (exact) mass is 338 g/mol. The molecule has 0 bridgehead atoms. The van der Waals surface area contributed by atoms with Crippen molar-refractivity contribution in [2.75, 3.05) is 29.9 Å². The van der Waals surface area contributed by atoms with E-state index in [2.05, 4.69) is 15.6 Å². The number of benzene rings is 1. The van der Waals surface area contributed by atoms with Gasteiger partial charge in [-0.05, 0) is 31.2 Å². The van der Waals surface area contributed by atoms with E-state index in [1.54, 1.807) is 42.6 Å². The molecule has 1 aromatic heterocycles. The van der Waals surface area contributed by atoms with Crippen molar-refractivity contribution in [3.05, 3.63) is 53.7 Å². The van der Waals surface area contributed by atoms with Gasteiger partial charge in [-0.1, -0.05) is 12.1 Å². The predicted molar refractivity (Wildman–Crippen MR) is 93.9 cm³/mol. The number of ketones is 1. The van der Waals surface area contributed by atoms with Gasteiger partial charge >= 0.3 is 0 Å². The lowest BCUT2D eigenvalue weighted by Gasteiger charge is -2.27. The number of nitrogens with one attached hydrogen (secondary N) is 2. The van der Waals surface area contributed by atoms with Crippen LogP contribution in [0.5, 0.6) is 0 Å². The normalized spacial score (nSPS) is 14.0. The maximum Gasteiger partial charge on any atom is 0.255 e. The van der Waals surface area contributed by atoms with Gasteiger partial charge in [0.05, 0.1) is 18.4 Å². The van der Waals surface area contributed by atoms with Crippen LogP contribution in [-0.2, 0) is 4.79 Å². The second kappa shape index (κ2) is 7.12. The molecule has 128 valence electrons. The number of piperazine rings is 1. The van der Waals surface area contributed by atoms with Crippen molar-refractivity contribution in [1.29, 1.82) is 0 Å². The van der Waals surface area contributed by atoms with Crippen molar-refractivity contribution in [2.45, 2.75) is 6.92 Å². The SMILES string of the molecule is CC(=O)c1ccc(C(=O)Nc2ccc(N3CCNC(=O)C3)nc2)cc1. The van der Waals surface area contributed by atoms with Gasteiger partial charge in [-0.15, -0.1) is 0 Å². The summed E-state index contributed by atoms with van der Waals surface area (Å²) in [7, 11) is 0. The Morgan fingerprint density at radius 2 is 1.84 bits per heavy atom. The molecule has 7 nitrogen and oxygen atoms in total. The van der Waals surface area contributed by atoms with Crippen LogP contribution in [0.3, 0.4) is 0 Å². The minimum Gasteiger partial charge on any atom is -0.353 e. The Labute approximate surface area is 145 Å². The number of nitrogens with zero attached hydrogens (tertiary/aromatic N) is 2. The average molecular weight is 338 g/mol. The van der Waals surface area contributed by atoms with Gasteiger partial charge in [0.1, 0.15) is 5.82 Å². The number of hydrogen-bond donors (Lipinski definition) is 2. The molecule has 7 heteroatoms. The van der Waals surface area contributed by atoms with E-state index in [1.807, 2.05) is 4.90 Å². The fourth-order valence-corrected chi connectivity index (χ4v) is 2.54. The van der Waals surface area contributed by atoms with Crippen LogP contribution in [0.2, 0.25) is 0 Å². The van der Waals surface area contributed by atoms with Crippen molar-refractivity contribution in [1.82, 2.24) is 10.3 Å². The highest BCUT2D eigenvalue weighted by molar-refractivity contribution is 6.05. The highest BCUT2D eigenvalue weighted by Crippen LogP contribution is 2.16. The molecule has 25 heavy (non-hydrogen) atoms. The molecule has 2 amide bonds. The first-order valence-corrected chi connectivity index (χ1v) is 7.93. The van der Waals surface area contributed by atoms with Gasteiger partial charge in [-0.25, -0.2) is 4.98 Å². The molecule has 0 aliphatic carbocycles. The topological polar surface area (TPSA) is 91.4 Å². The molecule has 0 unspecified atom stereocenters. The van der Waals surface area contributed by atoms with Crippen LogP contribution in [-0.4, -0.2) is 42.2 Å². The highest BCUT2D eigenvalue weighted by Gasteiger charge is 2.17. The van der Waals surface area contributed by atoms with Gasteiger partial charge < -0.3 is 15.5 Å². The first kappa shape index (κ1) is 16.6. The third-order valence-corrected chi connectivity index (χ3v) is 3.92. The zero-order chi connectivity index (χ0) is 17.8. The molecule has 2 N–H and O–H groups in total. The Hall–Kier alpha value is -3.22. The van der Waals surface area contributed by atoms with Gasteiger partial charge in [-0.3, -0.25) is 14.4 Å². The Kier molecular flexibility index (Phi) is 4.74. The standard InChI is InChI=1S/C18H18N4O3/c1-12(23)13-2-4-14(5-3-13)18(25)21-15-6-7-16(20-10-15)22-9-8-19-17(24)11-22/h2-7,10H,8-9,11H2,1H3,(H,19,24)(H,21,25). The number of pyridine rings is 1. The smallest absolute Gasteiger partial charge is 0.255 e. The number of amides is 2. The van der Waals surface area contributed by atoms with Crippen molar-refractivity contribution in [3.8, 4) is 0 Å². The van der Waals surface area contributed by atoms with Gasteiger partial charge in [0.2, 0.25) is 5.91 Å². The Bertz CT molecular complexity index is 800. The quantitative estimate of drug-likeness (QED) is 0.824. The van der Waals surface area contributed by atoms with E-state index < -0.39 is 0 Å². The second-order valence-corrected chi connectivity index (χ2v) is 5.76. The fraction of sp³-hybridized carbons (Fsp3) is 0.222. The summed E-state index contributed by atoms with van der Waals surface area (Å²) < 4.78 is 0. The fourth-order valence-electron chi connectivity index (χ4n) is 2.54. The first-order valence-electron chi connectivity index (χ1n) is 7.93. The minimum absolute atomic E-state index is 0.0283. The van der Waals surface area contributed by atoms with Gasteiger partial charge in [-0.2, -0.15) is 0 Å². The third kappa shape index (κ3) is 4.00. The first-order chi connectivity index (χ1) is 12.0. The summed E-state index contributed by atoms with van der Waals surface area (Å²) in [5.74, 6) is 0.346. The van der Waals surface area contributed by atoms with Crippen LogP contribution in [0, 0.1) is 0 Å². The molecule has 1 aliphatic rings. The molecule has 3 rings (SSSR count). The van der Waals surface area contributed by atoms with E-state index in [0.717, 1.165) is 0 Å². The summed E-state index contributed by atoms with van der Waals surface area (Å²) in [6.07, 6.45) is 1.56. The summed E-state index contributed by atoms with van der Waals surface area (Å²) in [5.41, 5.74) is 1.58. The van der Waals surface area contributed by atoms with Crippen LogP contribution >= 0.6 is 0 Å². The average Bonchev–Trinajstić information content (AvgIpc) is 2.62. The molecule has 1 fully saturated rings. The molecule has 0 atom stereocenters. The summed E-state index contributed by atoms with van der Waals surface area (Å²) >= 11 is 0. The second-order valence-electron chi connectivity index (χ2n) is 5.76. The van der Waals surface area contributed by atoms with Crippen molar-refractivity contribution < 1.29 is 14.4 Å². The Morgan fingerprint density at radius 1 is 1.12 bits per heavy atom. The molecular weight excluding hydrogens is 320 g/mol. The van der Waals surface area contributed by atoms with E-state index in [4.69, 9.17) is 0 Å². The van der Waals surface area contributed by atoms with Gasteiger partial charge in [0.25, 0.3) is 5.91 Å². The van der Waals surface area contributed by atoms with Gasteiger partial charge in [0, 0.05) is 24.2 Å². The van der Waals surface area contributed by atoms with Crippen molar-refractivity contribution >= 4 is 29.1 Å². The molecule has 0 spiro atoms. The Balaban J connectivity index is 1.65. The number of aromatic nitrogens is 1. The summed E-state index contributed by atoms with van der Waals surface area (Å²) in [5, 5.41) is 5.52. The molecular formula is C18H18N4O3. The molecule has 1 saturated heterocycles. The number of anilines is 2. The van der Waals surface area contributed by atoms with Gasteiger partial charge in [0.15, 0.2) is 5.78 Å². The number of carbonyl (C=O) groups is 3. The summed E-state index contributed by atoms with van der Waals surface area (Å²) in [6.45, 7) is 3.05. The lowest BCUT2D eigenvalue weighted by atomic mass is 10.1. The molecule has 1 aliphatic heterocycles. The van der Waals surface area contributed by atoms with E-state index in [1.165, 1.54) is 6.92 Å². The number of Topliss-reactive ketones (excluding diaryl/α,β-unsaturated/α-hetero) is 1. The van der Waals surface area contributed by atoms with Crippen LogP contribution < -0.4 is 15.5 Å². The number of carbonyl (C=O) groups excluding carboxylic acids is 3. The molecule has 2 aromatic rings. The minimum atomic E-state index is -0.276. The lowest BCUT2D eigenvalue weighted by Crippen LogP contribution is -2.48. The number of hydrogen-bond acceptors (Lipinski definition) is 5. The third-order valence-electron chi connectivity index (χ3n) is 3.92. The maximum atomic E-state index is 12.2. The van der Waals surface area contributed by atoms with Crippen LogP contribution in [0.25, 0.3) is 0 Å². The molecule has 2 heterocycles. The van der Waals surface area contributed by atoms with E-state index in [9.17, 15) is 14.4 Å². The van der Waals surface area contributed by atoms with Crippen molar-refractivity contribution in [3.63, 3.8) is 0 Å². The highest BCUT2D eigenvalue weighted by atomic mass is 16.2. The zero-order valence-corrected chi connectivity index (χ0v) is 13.8. The molecule has 0 radical (unpaired) electrons. The molecule has 0 saturated carbocycles. The van der Waals surface area contributed by atoms with Crippen LogP contribution in [0.15, 0.2) is 42.6 Å². The predicted octanol–water partition coefficient (Wildman–Crippen LogP) is 1.47. The largest absolute Gasteiger partial charge is 0.353 e. The van der Waals surface area contributed by atoms with Crippen molar-refractivity contribution in [2.24, 2.45) is 0 Å².